The summed E-state index contributed by atoms with van der Waals surface area (Å²) in [4.78, 5) is 15.7. The van der Waals surface area contributed by atoms with Gasteiger partial charge in [0.1, 0.15) is 11.9 Å². The van der Waals surface area contributed by atoms with Crippen molar-refractivity contribution < 1.29 is 9.18 Å². The van der Waals surface area contributed by atoms with E-state index in [0.29, 0.717) is 30.2 Å². The lowest BCUT2D eigenvalue weighted by atomic mass is 10.1. The second-order valence-electron chi connectivity index (χ2n) is 5.12. The molecule has 2 rings (SSSR count). The molecule has 1 aromatic carbocycles. The molecule has 0 radical (unpaired) electrons. The minimum absolute atomic E-state index is 0.0182. The molecule has 1 amide bonds. The predicted molar refractivity (Wildman–Crippen MR) is 77.2 cm³/mol. The average molecular weight is 300 g/mol. The quantitative estimate of drug-likeness (QED) is 0.915. The van der Waals surface area contributed by atoms with Gasteiger partial charge in [-0.1, -0.05) is 17.7 Å². The summed E-state index contributed by atoms with van der Waals surface area (Å²) in [6, 6.07) is 4.37. The number of carbonyl (C=O) groups is 1. The predicted octanol–water partition coefficient (Wildman–Crippen LogP) is 1.34. The van der Waals surface area contributed by atoms with Crippen LogP contribution in [0.15, 0.2) is 18.2 Å². The zero-order valence-electron chi connectivity index (χ0n) is 11.7. The lowest BCUT2D eigenvalue weighted by Crippen LogP contribution is -2.57. The highest BCUT2D eigenvalue weighted by molar-refractivity contribution is 6.31. The first-order chi connectivity index (χ1) is 9.50. The third-order valence-corrected chi connectivity index (χ3v) is 3.86. The number of nitrogens with zero attached hydrogens (tertiary/aromatic N) is 2. The van der Waals surface area contributed by atoms with Gasteiger partial charge in [-0.2, -0.15) is 0 Å². The van der Waals surface area contributed by atoms with E-state index in [0.717, 1.165) is 6.54 Å². The van der Waals surface area contributed by atoms with E-state index in [9.17, 15) is 9.18 Å². The van der Waals surface area contributed by atoms with E-state index < -0.39 is 0 Å². The van der Waals surface area contributed by atoms with Gasteiger partial charge in [0.05, 0.1) is 0 Å². The van der Waals surface area contributed by atoms with Crippen molar-refractivity contribution in [2.45, 2.75) is 12.6 Å². The van der Waals surface area contributed by atoms with Crippen LogP contribution in [0.3, 0.4) is 0 Å². The minimum Gasteiger partial charge on any atom is -0.347 e. The Hall–Kier alpha value is -1.17. The molecule has 1 aromatic rings. The van der Waals surface area contributed by atoms with Gasteiger partial charge in [0, 0.05) is 50.9 Å². The van der Waals surface area contributed by atoms with Crippen LogP contribution in [-0.2, 0) is 11.3 Å². The maximum atomic E-state index is 13.9. The fourth-order valence-electron chi connectivity index (χ4n) is 2.36. The molecular weight excluding hydrogens is 281 g/mol. The van der Waals surface area contributed by atoms with Crippen LogP contribution >= 0.6 is 11.6 Å². The number of benzene rings is 1. The summed E-state index contributed by atoms with van der Waals surface area (Å²) in [5.41, 5.74) is 0.452. The first-order valence-corrected chi connectivity index (χ1v) is 6.97. The Labute approximate surface area is 123 Å². The monoisotopic (exact) mass is 299 g/mol. The molecule has 0 aromatic heterocycles. The third kappa shape index (κ3) is 3.29. The minimum atomic E-state index is -0.327. The van der Waals surface area contributed by atoms with E-state index >= 15 is 0 Å². The Balaban J connectivity index is 2.19. The molecule has 1 heterocycles. The Morgan fingerprint density at radius 3 is 2.95 bits per heavy atom. The average Bonchev–Trinajstić information content (AvgIpc) is 2.42. The van der Waals surface area contributed by atoms with Crippen LogP contribution in [0.1, 0.15) is 5.56 Å². The molecule has 0 aliphatic carbocycles. The lowest BCUT2D eigenvalue weighted by Gasteiger charge is -2.36. The van der Waals surface area contributed by atoms with Crippen LogP contribution in [0.5, 0.6) is 0 Å². The van der Waals surface area contributed by atoms with E-state index in [-0.39, 0.29) is 17.8 Å². The Morgan fingerprint density at radius 1 is 1.55 bits per heavy atom. The summed E-state index contributed by atoms with van der Waals surface area (Å²) >= 11 is 6.06. The molecule has 0 saturated carbocycles. The van der Waals surface area contributed by atoms with E-state index in [4.69, 9.17) is 11.6 Å². The molecule has 1 saturated heterocycles. The maximum Gasteiger partial charge on any atom is 0.240 e. The highest BCUT2D eigenvalue weighted by Gasteiger charge is 2.30. The number of rotatable bonds is 3. The second-order valence-corrected chi connectivity index (χ2v) is 5.53. The second kappa shape index (κ2) is 6.52. The fraction of sp³-hybridized carbons (Fsp3) is 0.500. The van der Waals surface area contributed by atoms with Gasteiger partial charge in [0.2, 0.25) is 5.91 Å². The standard InChI is InChI=1S/C14H19ClFN3O/c1-18(2)14(20)13-8-17-6-7-19(13)9-10-11(15)4-3-5-12(10)16/h3-5,13,17H,6-9H2,1-2H3. The number of amides is 1. The van der Waals surface area contributed by atoms with Crippen LogP contribution < -0.4 is 5.32 Å². The number of nitrogens with one attached hydrogen (secondary N) is 1. The normalized spacial score (nSPS) is 19.9. The van der Waals surface area contributed by atoms with Crippen LogP contribution in [0, 0.1) is 5.82 Å². The van der Waals surface area contributed by atoms with Crippen molar-refractivity contribution in [3.63, 3.8) is 0 Å². The van der Waals surface area contributed by atoms with Crippen molar-refractivity contribution in [3.05, 3.63) is 34.6 Å². The van der Waals surface area contributed by atoms with Crippen molar-refractivity contribution in [1.29, 1.82) is 0 Å². The summed E-state index contributed by atoms with van der Waals surface area (Å²) in [7, 11) is 3.45. The molecule has 1 fully saturated rings. The smallest absolute Gasteiger partial charge is 0.240 e. The zero-order valence-corrected chi connectivity index (χ0v) is 12.5. The highest BCUT2D eigenvalue weighted by atomic mass is 35.5. The van der Waals surface area contributed by atoms with Gasteiger partial charge < -0.3 is 10.2 Å². The molecule has 110 valence electrons. The molecule has 6 heteroatoms. The molecule has 4 nitrogen and oxygen atoms in total. The van der Waals surface area contributed by atoms with Crippen LogP contribution in [-0.4, -0.2) is 55.5 Å². The third-order valence-electron chi connectivity index (χ3n) is 3.50. The Morgan fingerprint density at radius 2 is 2.30 bits per heavy atom. The fourth-order valence-corrected chi connectivity index (χ4v) is 2.59. The molecule has 0 spiro atoms. The number of carbonyl (C=O) groups excluding carboxylic acids is 1. The summed E-state index contributed by atoms with van der Waals surface area (Å²) in [5, 5.41) is 3.60. The van der Waals surface area contributed by atoms with E-state index in [1.165, 1.54) is 6.07 Å². The molecule has 0 bridgehead atoms. The lowest BCUT2D eigenvalue weighted by molar-refractivity contribution is -0.135. The van der Waals surface area contributed by atoms with Crippen LogP contribution in [0.2, 0.25) is 5.02 Å². The van der Waals surface area contributed by atoms with Gasteiger partial charge in [-0.25, -0.2) is 4.39 Å². The molecule has 1 aliphatic rings. The number of halogens is 2. The number of piperazine rings is 1. The van der Waals surface area contributed by atoms with Crippen molar-refractivity contribution >= 4 is 17.5 Å². The van der Waals surface area contributed by atoms with Gasteiger partial charge in [-0.3, -0.25) is 9.69 Å². The summed E-state index contributed by atoms with van der Waals surface area (Å²) < 4.78 is 13.9. The first-order valence-electron chi connectivity index (χ1n) is 6.59. The van der Waals surface area contributed by atoms with Crippen LogP contribution in [0.25, 0.3) is 0 Å². The Bertz CT molecular complexity index is 475. The SMILES string of the molecule is CN(C)C(=O)C1CNCCN1Cc1c(F)cccc1Cl. The molecule has 1 unspecified atom stereocenters. The van der Waals surface area contributed by atoms with Crippen molar-refractivity contribution in [1.82, 2.24) is 15.1 Å². The largest absolute Gasteiger partial charge is 0.347 e. The number of hydrogen-bond acceptors (Lipinski definition) is 3. The Kier molecular flexibility index (Phi) is 4.96. The maximum absolute atomic E-state index is 13.9. The van der Waals surface area contributed by atoms with Crippen LogP contribution in [0.4, 0.5) is 4.39 Å². The van der Waals surface area contributed by atoms with Gasteiger partial charge in [-0.15, -0.1) is 0 Å². The van der Waals surface area contributed by atoms with Crippen molar-refractivity contribution in [3.8, 4) is 0 Å². The summed E-state index contributed by atoms with van der Waals surface area (Å²) in [6.07, 6.45) is 0. The van der Waals surface area contributed by atoms with Gasteiger partial charge in [0.15, 0.2) is 0 Å². The molecule has 1 atom stereocenters. The van der Waals surface area contributed by atoms with Gasteiger partial charge in [-0.05, 0) is 12.1 Å². The molecule has 1 aliphatic heterocycles. The molecular formula is C14H19ClFN3O. The van der Waals surface area contributed by atoms with E-state index in [2.05, 4.69) is 5.32 Å². The highest BCUT2D eigenvalue weighted by Crippen LogP contribution is 2.22. The van der Waals surface area contributed by atoms with E-state index in [1.54, 1.807) is 31.1 Å². The van der Waals surface area contributed by atoms with Crippen molar-refractivity contribution in [2.75, 3.05) is 33.7 Å². The number of hydrogen-bond donors (Lipinski definition) is 1. The number of likely N-dealkylation sites (N-methyl/N-ethyl adjacent to an activating group) is 1. The van der Waals surface area contributed by atoms with Crippen molar-refractivity contribution in [2.24, 2.45) is 0 Å². The topological polar surface area (TPSA) is 35.6 Å². The molecule has 1 N–H and O–H groups in total. The summed E-state index contributed by atoms with van der Waals surface area (Å²) in [5.74, 6) is -0.309. The molecule has 20 heavy (non-hydrogen) atoms. The van der Waals surface area contributed by atoms with E-state index in [1.807, 2.05) is 4.90 Å². The summed E-state index contributed by atoms with van der Waals surface area (Å²) in [6.45, 7) is 2.39. The zero-order chi connectivity index (χ0) is 14.7. The van der Waals surface area contributed by atoms with Gasteiger partial charge in [0.25, 0.3) is 0 Å². The first kappa shape index (κ1) is 15.2. The van der Waals surface area contributed by atoms with Gasteiger partial charge >= 0.3 is 0 Å².